The Bertz CT molecular complexity index is 1040. The number of nitrogens with one attached hydrogen (secondary N) is 5. The SMILES string of the molecule is CC(C)CCOCCOCCOCCOCCC(=O)NCC(=O)NCC(=O)NC(Cc1ccccc1)C(=O)NCC(=O)NCC(C)C. The predicted octanol–water partition coefficient (Wildman–Crippen LogP) is 0.337. The smallest absolute Gasteiger partial charge is 0.243 e. The second kappa shape index (κ2) is 26.5. The molecule has 1 atom stereocenters. The summed E-state index contributed by atoms with van der Waals surface area (Å²) in [5.74, 6) is -1.53. The minimum atomic E-state index is -0.970. The monoisotopic (exact) mass is 665 g/mol. The molecule has 1 aromatic rings. The fourth-order valence-corrected chi connectivity index (χ4v) is 3.73. The lowest BCUT2D eigenvalue weighted by Crippen LogP contribution is -2.52. The third-order valence-electron chi connectivity index (χ3n) is 6.39. The Morgan fingerprint density at radius 3 is 1.68 bits per heavy atom. The largest absolute Gasteiger partial charge is 0.379 e. The first-order chi connectivity index (χ1) is 22.6. The number of hydrogen-bond donors (Lipinski definition) is 5. The molecule has 0 saturated heterocycles. The molecule has 47 heavy (non-hydrogen) atoms. The number of carbonyl (C=O) groups excluding carboxylic acids is 5. The second-order valence-electron chi connectivity index (χ2n) is 11.7. The fraction of sp³-hybridized carbons (Fsp3) is 0.667. The third kappa shape index (κ3) is 24.3. The lowest BCUT2D eigenvalue weighted by molar-refractivity contribution is -0.131. The van der Waals surface area contributed by atoms with Gasteiger partial charge in [-0.1, -0.05) is 58.0 Å². The van der Waals surface area contributed by atoms with Gasteiger partial charge in [0.1, 0.15) is 6.04 Å². The van der Waals surface area contributed by atoms with Gasteiger partial charge < -0.3 is 45.5 Å². The topological polar surface area (TPSA) is 182 Å². The van der Waals surface area contributed by atoms with Crippen molar-refractivity contribution in [2.24, 2.45) is 11.8 Å². The number of amides is 5. The molecule has 0 saturated carbocycles. The van der Waals surface area contributed by atoms with Crippen molar-refractivity contribution in [1.29, 1.82) is 0 Å². The summed E-state index contributed by atoms with van der Waals surface area (Å²) in [7, 11) is 0. The van der Waals surface area contributed by atoms with E-state index >= 15 is 0 Å². The summed E-state index contributed by atoms with van der Waals surface area (Å²) >= 11 is 0. The summed E-state index contributed by atoms with van der Waals surface area (Å²) in [6.07, 6.45) is 1.28. The summed E-state index contributed by atoms with van der Waals surface area (Å²) in [5, 5.41) is 12.8. The van der Waals surface area contributed by atoms with Gasteiger partial charge in [0.25, 0.3) is 0 Å². The van der Waals surface area contributed by atoms with Gasteiger partial charge in [-0.3, -0.25) is 24.0 Å². The molecule has 0 bridgehead atoms. The van der Waals surface area contributed by atoms with E-state index in [4.69, 9.17) is 18.9 Å². The Morgan fingerprint density at radius 1 is 0.574 bits per heavy atom. The van der Waals surface area contributed by atoms with Crippen molar-refractivity contribution in [3.63, 3.8) is 0 Å². The van der Waals surface area contributed by atoms with Crippen LogP contribution in [0.15, 0.2) is 30.3 Å². The molecule has 0 aliphatic rings. The van der Waals surface area contributed by atoms with Gasteiger partial charge in [0.2, 0.25) is 29.5 Å². The molecular weight excluding hydrogens is 610 g/mol. The van der Waals surface area contributed by atoms with Crippen molar-refractivity contribution in [3.8, 4) is 0 Å². The molecule has 14 heteroatoms. The Kier molecular flexibility index (Phi) is 23.3. The maximum absolute atomic E-state index is 12.8. The molecule has 5 N–H and O–H groups in total. The molecule has 1 rings (SSSR count). The van der Waals surface area contributed by atoms with Crippen molar-refractivity contribution < 1.29 is 42.9 Å². The lowest BCUT2D eigenvalue weighted by Gasteiger charge is -2.19. The van der Waals surface area contributed by atoms with Crippen LogP contribution in [0, 0.1) is 11.8 Å². The highest BCUT2D eigenvalue weighted by molar-refractivity contribution is 5.92. The third-order valence-corrected chi connectivity index (χ3v) is 6.39. The molecule has 0 aromatic heterocycles. The summed E-state index contributed by atoms with van der Waals surface area (Å²) < 4.78 is 21.7. The van der Waals surface area contributed by atoms with Gasteiger partial charge in [0.15, 0.2) is 0 Å². The zero-order valence-electron chi connectivity index (χ0n) is 28.4. The van der Waals surface area contributed by atoms with E-state index in [1.165, 1.54) is 0 Å². The normalized spacial score (nSPS) is 11.6. The number of hydrogen-bond acceptors (Lipinski definition) is 9. The number of ether oxygens (including phenoxy) is 4. The quantitative estimate of drug-likeness (QED) is 0.0828. The van der Waals surface area contributed by atoms with Crippen LogP contribution in [0.2, 0.25) is 0 Å². The lowest BCUT2D eigenvalue weighted by atomic mass is 10.1. The molecule has 1 aromatic carbocycles. The van der Waals surface area contributed by atoms with Crippen LogP contribution < -0.4 is 26.6 Å². The van der Waals surface area contributed by atoms with Gasteiger partial charge in [0, 0.05) is 26.0 Å². The van der Waals surface area contributed by atoms with Crippen molar-refractivity contribution in [2.75, 3.05) is 79.0 Å². The zero-order chi connectivity index (χ0) is 34.7. The fourth-order valence-electron chi connectivity index (χ4n) is 3.73. The molecule has 14 nitrogen and oxygen atoms in total. The molecule has 5 amide bonds. The number of carbonyl (C=O) groups is 5. The first-order valence-electron chi connectivity index (χ1n) is 16.3. The van der Waals surface area contributed by atoms with E-state index in [9.17, 15) is 24.0 Å². The van der Waals surface area contributed by atoms with Crippen LogP contribution in [0.25, 0.3) is 0 Å². The van der Waals surface area contributed by atoms with Gasteiger partial charge in [-0.25, -0.2) is 0 Å². The minimum Gasteiger partial charge on any atom is -0.379 e. The molecular formula is C33H55N5O9. The van der Waals surface area contributed by atoms with E-state index in [-0.39, 0.29) is 50.3 Å². The first-order valence-corrected chi connectivity index (χ1v) is 16.3. The molecule has 0 spiro atoms. The van der Waals surface area contributed by atoms with Crippen LogP contribution in [0.1, 0.15) is 46.1 Å². The predicted molar refractivity (Wildman–Crippen MR) is 176 cm³/mol. The number of benzene rings is 1. The molecule has 0 aliphatic carbocycles. The van der Waals surface area contributed by atoms with E-state index in [0.717, 1.165) is 18.6 Å². The zero-order valence-corrected chi connectivity index (χ0v) is 28.4. The first kappa shape index (κ1) is 41.4. The summed E-state index contributed by atoms with van der Waals surface area (Å²) in [4.78, 5) is 61.6. The van der Waals surface area contributed by atoms with Crippen LogP contribution in [-0.4, -0.2) is 115 Å². The van der Waals surface area contributed by atoms with Crippen LogP contribution in [0.4, 0.5) is 0 Å². The van der Waals surface area contributed by atoms with Gasteiger partial charge in [0.05, 0.1) is 65.9 Å². The maximum atomic E-state index is 12.8. The highest BCUT2D eigenvalue weighted by Crippen LogP contribution is 2.04. The van der Waals surface area contributed by atoms with Crippen molar-refractivity contribution in [1.82, 2.24) is 26.6 Å². The highest BCUT2D eigenvalue weighted by Gasteiger charge is 2.22. The van der Waals surface area contributed by atoms with Crippen LogP contribution in [-0.2, 0) is 49.3 Å². The molecule has 0 fully saturated rings. The highest BCUT2D eigenvalue weighted by atomic mass is 16.6. The summed E-state index contributed by atoms with van der Waals surface area (Å²) in [6, 6.07) is 8.12. The molecule has 0 radical (unpaired) electrons. The Morgan fingerprint density at radius 2 is 1.09 bits per heavy atom. The van der Waals surface area contributed by atoms with Crippen molar-refractivity contribution in [3.05, 3.63) is 35.9 Å². The molecule has 0 aliphatic heterocycles. The van der Waals surface area contributed by atoms with Crippen LogP contribution >= 0.6 is 0 Å². The van der Waals surface area contributed by atoms with E-state index < -0.39 is 30.3 Å². The Balaban J connectivity index is 2.21. The molecule has 0 heterocycles. The van der Waals surface area contributed by atoms with E-state index in [1.807, 2.05) is 44.2 Å². The van der Waals surface area contributed by atoms with E-state index in [0.29, 0.717) is 52.1 Å². The number of rotatable bonds is 27. The van der Waals surface area contributed by atoms with E-state index in [1.54, 1.807) is 0 Å². The van der Waals surface area contributed by atoms with Crippen molar-refractivity contribution >= 4 is 29.5 Å². The summed E-state index contributed by atoms with van der Waals surface area (Å²) in [5.41, 5.74) is 0.805. The van der Waals surface area contributed by atoms with Gasteiger partial charge >= 0.3 is 0 Å². The van der Waals surface area contributed by atoms with Crippen molar-refractivity contribution in [2.45, 2.75) is 53.0 Å². The second-order valence-corrected chi connectivity index (χ2v) is 11.7. The summed E-state index contributed by atoms with van der Waals surface area (Å²) in [6.45, 7) is 11.3. The molecule has 1 unspecified atom stereocenters. The maximum Gasteiger partial charge on any atom is 0.243 e. The molecule has 266 valence electrons. The van der Waals surface area contributed by atoms with Gasteiger partial charge in [-0.05, 0) is 23.8 Å². The van der Waals surface area contributed by atoms with E-state index in [2.05, 4.69) is 40.4 Å². The minimum absolute atomic E-state index is 0.0550. The van der Waals surface area contributed by atoms with Crippen LogP contribution in [0.5, 0.6) is 0 Å². The average Bonchev–Trinajstić information content (AvgIpc) is 3.04. The Hall–Kier alpha value is -3.59. The van der Waals surface area contributed by atoms with Gasteiger partial charge in [-0.2, -0.15) is 0 Å². The average molecular weight is 666 g/mol. The van der Waals surface area contributed by atoms with Gasteiger partial charge in [-0.15, -0.1) is 0 Å². The Labute approximate surface area is 278 Å². The van der Waals surface area contributed by atoms with Crippen LogP contribution in [0.3, 0.4) is 0 Å². The standard InChI is InChI=1S/C33H55N5O9/c1-25(2)10-12-44-14-16-46-18-19-47-17-15-45-13-11-29(39)35-22-30(40)36-24-32(42)38-28(20-27-8-6-5-7-9-27)33(43)37-23-31(41)34-21-26(3)4/h5-9,25-26,28H,10-24H2,1-4H3,(H,34,41)(H,35,39)(H,36,40)(H,37,43)(H,38,42).